The van der Waals surface area contributed by atoms with Gasteiger partial charge in [0.1, 0.15) is 22.2 Å². The van der Waals surface area contributed by atoms with Crippen molar-refractivity contribution in [3.05, 3.63) is 70.2 Å². The predicted molar refractivity (Wildman–Crippen MR) is 119 cm³/mol. The summed E-state index contributed by atoms with van der Waals surface area (Å²) in [4.78, 5) is 21.4. The molecule has 7 nitrogen and oxygen atoms in total. The van der Waals surface area contributed by atoms with Gasteiger partial charge >= 0.3 is 0 Å². The lowest BCUT2D eigenvalue weighted by Gasteiger charge is -2.10. The van der Waals surface area contributed by atoms with Crippen LogP contribution in [0.4, 0.5) is 11.5 Å². The molecule has 0 atom stereocenters. The summed E-state index contributed by atoms with van der Waals surface area (Å²) < 4.78 is 10.6. The highest BCUT2D eigenvalue weighted by Crippen LogP contribution is 2.29. The highest BCUT2D eigenvalue weighted by atomic mass is 32.1. The first kappa shape index (κ1) is 19.8. The molecule has 0 fully saturated rings. The normalized spacial score (nSPS) is 14.0. The number of nitrogens with one attached hydrogen (secondary N) is 3. The molecule has 0 radical (unpaired) electrons. The van der Waals surface area contributed by atoms with E-state index in [1.165, 1.54) is 11.3 Å². The van der Waals surface area contributed by atoms with Gasteiger partial charge in [-0.15, -0.1) is 11.3 Å². The van der Waals surface area contributed by atoms with Crippen LogP contribution in [-0.4, -0.2) is 30.8 Å². The number of aliphatic imine (C=N–C) groups is 1. The van der Waals surface area contributed by atoms with Gasteiger partial charge in [0.05, 0.1) is 25.6 Å². The maximum Gasteiger partial charge on any atom is 0.263 e. The number of aromatic nitrogens is 1. The van der Waals surface area contributed by atoms with E-state index in [0.29, 0.717) is 35.0 Å². The molecular formula is C22H22N4O3S. The van der Waals surface area contributed by atoms with Crippen molar-refractivity contribution in [2.75, 3.05) is 19.5 Å². The number of aromatic amines is 1. The zero-order chi connectivity index (χ0) is 20.9. The number of allylic oxidation sites excluding steroid dienone is 1. The Bertz CT molecular complexity index is 1090. The van der Waals surface area contributed by atoms with Gasteiger partial charge in [0.25, 0.3) is 5.91 Å². The van der Waals surface area contributed by atoms with Crippen molar-refractivity contribution < 1.29 is 14.3 Å². The Morgan fingerprint density at radius 3 is 2.77 bits per heavy atom. The summed E-state index contributed by atoms with van der Waals surface area (Å²) in [6.45, 7) is 0.356. The van der Waals surface area contributed by atoms with Crippen LogP contribution in [-0.2, 0) is 6.54 Å². The number of hydrogen-bond donors (Lipinski definition) is 3. The van der Waals surface area contributed by atoms with Gasteiger partial charge in [-0.05, 0) is 41.4 Å². The van der Waals surface area contributed by atoms with Gasteiger partial charge in [0.2, 0.25) is 0 Å². The monoisotopic (exact) mass is 422 g/mol. The second kappa shape index (κ2) is 8.87. The van der Waals surface area contributed by atoms with Crippen molar-refractivity contribution in [2.45, 2.75) is 13.0 Å². The zero-order valence-corrected chi connectivity index (χ0v) is 17.5. The van der Waals surface area contributed by atoms with Gasteiger partial charge in [0.15, 0.2) is 0 Å². The Kier molecular flexibility index (Phi) is 5.85. The van der Waals surface area contributed by atoms with Crippen LogP contribution < -0.4 is 20.1 Å². The average molecular weight is 423 g/mol. The van der Waals surface area contributed by atoms with Crippen LogP contribution in [0.15, 0.2) is 59.2 Å². The van der Waals surface area contributed by atoms with E-state index in [1.54, 1.807) is 20.3 Å². The number of H-pyrrole nitrogens is 1. The number of carbonyl (C=O) groups excluding carboxylic acids is 1. The van der Waals surface area contributed by atoms with Crippen molar-refractivity contribution in [2.24, 2.45) is 4.99 Å². The number of carbonyl (C=O) groups is 1. The van der Waals surface area contributed by atoms with Crippen LogP contribution >= 0.6 is 11.3 Å². The lowest BCUT2D eigenvalue weighted by atomic mass is 10.1. The summed E-state index contributed by atoms with van der Waals surface area (Å²) in [5, 5.41) is 8.04. The minimum atomic E-state index is -0.164. The van der Waals surface area contributed by atoms with E-state index in [4.69, 9.17) is 14.5 Å². The fourth-order valence-electron chi connectivity index (χ4n) is 3.19. The van der Waals surface area contributed by atoms with E-state index in [-0.39, 0.29) is 5.91 Å². The molecule has 3 heterocycles. The SMILES string of the molecule is COc1cc(CNC(=O)c2sccc2N=C2CC=CNc3[nH]ccc32)cc(OC)c1. The number of anilines is 1. The molecule has 3 N–H and O–H groups in total. The van der Waals surface area contributed by atoms with Crippen molar-refractivity contribution >= 4 is 34.5 Å². The van der Waals surface area contributed by atoms with E-state index in [9.17, 15) is 4.79 Å². The quantitative estimate of drug-likeness (QED) is 0.547. The summed E-state index contributed by atoms with van der Waals surface area (Å²) >= 11 is 1.38. The third kappa shape index (κ3) is 4.23. The summed E-state index contributed by atoms with van der Waals surface area (Å²) in [5.41, 5.74) is 3.46. The molecule has 0 unspecified atom stereocenters. The van der Waals surface area contributed by atoms with E-state index in [0.717, 1.165) is 22.7 Å². The Labute approximate surface area is 178 Å². The molecular weight excluding hydrogens is 400 g/mol. The fraction of sp³-hybridized carbons (Fsp3) is 0.182. The van der Waals surface area contributed by atoms with E-state index < -0.39 is 0 Å². The number of methoxy groups -OCH3 is 2. The summed E-state index contributed by atoms with van der Waals surface area (Å²) in [7, 11) is 3.20. The molecule has 2 aromatic heterocycles. The molecule has 1 aliphatic rings. The third-order valence-electron chi connectivity index (χ3n) is 4.69. The lowest BCUT2D eigenvalue weighted by Crippen LogP contribution is -2.22. The molecule has 1 aromatic carbocycles. The number of thiophene rings is 1. The first-order valence-electron chi connectivity index (χ1n) is 9.42. The van der Waals surface area contributed by atoms with Gasteiger partial charge in [-0.25, -0.2) is 0 Å². The predicted octanol–water partition coefficient (Wildman–Crippen LogP) is 4.47. The molecule has 4 rings (SSSR count). The summed E-state index contributed by atoms with van der Waals surface area (Å²) in [6, 6.07) is 9.39. The van der Waals surface area contributed by atoms with Gasteiger partial charge in [0, 0.05) is 30.8 Å². The van der Waals surface area contributed by atoms with Gasteiger partial charge in [-0.2, -0.15) is 0 Å². The molecule has 0 saturated carbocycles. The largest absolute Gasteiger partial charge is 0.497 e. The zero-order valence-electron chi connectivity index (χ0n) is 16.7. The van der Waals surface area contributed by atoms with E-state index in [2.05, 4.69) is 15.6 Å². The Morgan fingerprint density at radius 2 is 2.00 bits per heavy atom. The molecule has 30 heavy (non-hydrogen) atoms. The van der Waals surface area contributed by atoms with Crippen molar-refractivity contribution in [1.82, 2.24) is 10.3 Å². The Morgan fingerprint density at radius 1 is 1.20 bits per heavy atom. The molecule has 8 heteroatoms. The van der Waals surface area contributed by atoms with Gasteiger partial charge in [-0.1, -0.05) is 6.08 Å². The number of amides is 1. The minimum absolute atomic E-state index is 0.164. The standard InChI is InChI=1S/C22H22N4O3S/c1-28-15-10-14(11-16(12-15)29-2)13-25-22(27)20-19(6-9-30-20)26-18-4-3-7-23-21-17(18)5-8-24-21/h3,5-12,23-24H,4,13H2,1-2H3,(H,25,27). The maximum absolute atomic E-state index is 12.8. The first-order valence-corrected chi connectivity index (χ1v) is 10.3. The molecule has 154 valence electrons. The number of nitrogens with zero attached hydrogens (tertiary/aromatic N) is 1. The van der Waals surface area contributed by atoms with Crippen LogP contribution in [0, 0.1) is 0 Å². The number of benzene rings is 1. The highest BCUT2D eigenvalue weighted by molar-refractivity contribution is 7.12. The van der Waals surface area contributed by atoms with Crippen molar-refractivity contribution in [3.63, 3.8) is 0 Å². The molecule has 3 aromatic rings. The van der Waals surface area contributed by atoms with Crippen LogP contribution in [0.3, 0.4) is 0 Å². The number of rotatable bonds is 6. The van der Waals surface area contributed by atoms with Crippen LogP contribution in [0.1, 0.15) is 27.2 Å². The first-order chi connectivity index (χ1) is 14.7. The molecule has 0 aliphatic carbocycles. The minimum Gasteiger partial charge on any atom is -0.497 e. The van der Waals surface area contributed by atoms with Gasteiger partial charge < -0.3 is 25.1 Å². The van der Waals surface area contributed by atoms with Crippen LogP contribution in [0.5, 0.6) is 11.5 Å². The second-order valence-corrected chi connectivity index (χ2v) is 7.53. The van der Waals surface area contributed by atoms with E-state index in [1.807, 2.05) is 48.1 Å². The highest BCUT2D eigenvalue weighted by Gasteiger charge is 2.17. The topological polar surface area (TPSA) is 87.7 Å². The molecule has 1 aliphatic heterocycles. The van der Waals surface area contributed by atoms with Crippen molar-refractivity contribution in [1.29, 1.82) is 0 Å². The van der Waals surface area contributed by atoms with E-state index >= 15 is 0 Å². The lowest BCUT2D eigenvalue weighted by molar-refractivity contribution is 0.0955. The summed E-state index contributed by atoms with van der Waals surface area (Å²) in [5.74, 6) is 2.09. The van der Waals surface area contributed by atoms with Crippen molar-refractivity contribution in [3.8, 4) is 11.5 Å². The summed E-state index contributed by atoms with van der Waals surface area (Å²) in [6.07, 6.45) is 6.45. The Hall–Kier alpha value is -3.52. The average Bonchev–Trinajstić information content (AvgIpc) is 3.39. The maximum atomic E-state index is 12.8. The molecule has 0 spiro atoms. The van der Waals surface area contributed by atoms with Crippen LogP contribution in [0.2, 0.25) is 0 Å². The van der Waals surface area contributed by atoms with Gasteiger partial charge in [-0.3, -0.25) is 9.79 Å². The molecule has 0 saturated heterocycles. The second-order valence-electron chi connectivity index (χ2n) is 6.61. The third-order valence-corrected chi connectivity index (χ3v) is 5.59. The number of hydrogen-bond acceptors (Lipinski definition) is 6. The molecule has 1 amide bonds. The Balaban J connectivity index is 1.53. The molecule has 0 bridgehead atoms. The van der Waals surface area contributed by atoms with Crippen LogP contribution in [0.25, 0.3) is 0 Å². The fourth-order valence-corrected chi connectivity index (χ4v) is 3.94. The number of fused-ring (bicyclic) bond motifs is 1. The number of ether oxygens (including phenoxy) is 2. The smallest absolute Gasteiger partial charge is 0.263 e.